The van der Waals surface area contributed by atoms with E-state index in [1.165, 1.54) is 0 Å². The van der Waals surface area contributed by atoms with Crippen LogP contribution >= 0.6 is 0 Å². The zero-order valence-electron chi connectivity index (χ0n) is 21.9. The Morgan fingerprint density at radius 3 is 2.27 bits per heavy atom. The molecule has 3 heterocycles. The van der Waals surface area contributed by atoms with Gasteiger partial charge in [-0.1, -0.05) is 0 Å². The summed E-state index contributed by atoms with van der Waals surface area (Å²) in [6, 6.07) is 0.481. The molecule has 240 valence electrons. The summed E-state index contributed by atoms with van der Waals surface area (Å²) in [5, 5.41) is 5.78. The SMILES string of the molecule is COc1c(F)cc(-c2cc(C(F)(F)F)c3c(N)ncnn23)cc1C(=O)N[C@@H]1CN(C(=O)CC(C(F)(F)F)C(F)(F)F)C[C@@H]1F. The molecule has 1 aliphatic rings. The molecule has 44 heavy (non-hydrogen) atoms. The molecular weight excluding hydrogens is 629 g/mol. The lowest BCUT2D eigenvalue weighted by atomic mass is 10.0. The second kappa shape index (κ2) is 11.3. The average molecular weight is 648 g/mol. The van der Waals surface area contributed by atoms with E-state index in [1.807, 2.05) is 0 Å². The molecule has 20 heteroatoms. The zero-order valence-corrected chi connectivity index (χ0v) is 21.9. The van der Waals surface area contributed by atoms with Gasteiger partial charge in [-0.25, -0.2) is 18.3 Å². The number of likely N-dealkylation sites (tertiary alicyclic amines) is 1. The number of methoxy groups -OCH3 is 1. The van der Waals surface area contributed by atoms with Crippen molar-refractivity contribution in [3.8, 4) is 17.0 Å². The van der Waals surface area contributed by atoms with Crippen LogP contribution in [0.15, 0.2) is 24.5 Å². The predicted octanol–water partition coefficient (Wildman–Crippen LogP) is 4.55. The predicted molar refractivity (Wildman–Crippen MR) is 127 cm³/mol. The van der Waals surface area contributed by atoms with Gasteiger partial charge in [-0.15, -0.1) is 0 Å². The number of halogens is 11. The number of hydrogen-bond donors (Lipinski definition) is 2. The molecule has 3 N–H and O–H groups in total. The number of hydrogen-bond acceptors (Lipinski definition) is 6. The van der Waals surface area contributed by atoms with Gasteiger partial charge in [0.1, 0.15) is 18.0 Å². The molecule has 1 saturated heterocycles. The van der Waals surface area contributed by atoms with E-state index < -0.39 is 108 Å². The minimum absolute atomic E-state index is 0.359. The number of nitrogens with zero attached hydrogens (tertiary/aromatic N) is 4. The third kappa shape index (κ3) is 6.28. The second-order valence-corrected chi connectivity index (χ2v) is 9.62. The van der Waals surface area contributed by atoms with E-state index in [9.17, 15) is 53.5 Å². The minimum atomic E-state index is -5.81. The smallest absolute Gasteiger partial charge is 0.418 e. The van der Waals surface area contributed by atoms with E-state index in [4.69, 9.17) is 10.5 Å². The Kier molecular flexibility index (Phi) is 8.33. The maximum Gasteiger partial charge on any atom is 0.418 e. The highest BCUT2D eigenvalue weighted by atomic mass is 19.4. The first-order valence-corrected chi connectivity index (χ1v) is 12.2. The maximum absolute atomic E-state index is 15.0. The Morgan fingerprint density at radius 1 is 1.07 bits per heavy atom. The van der Waals surface area contributed by atoms with Gasteiger partial charge in [0.05, 0.1) is 36.5 Å². The third-order valence-electron chi connectivity index (χ3n) is 6.76. The average Bonchev–Trinajstić information content (AvgIpc) is 3.47. The van der Waals surface area contributed by atoms with Crippen molar-refractivity contribution in [3.63, 3.8) is 0 Å². The van der Waals surface area contributed by atoms with Crippen LogP contribution in [0.4, 0.5) is 54.1 Å². The van der Waals surface area contributed by atoms with E-state index in [0.29, 0.717) is 21.5 Å². The van der Waals surface area contributed by atoms with E-state index >= 15 is 4.39 Å². The fourth-order valence-electron chi connectivity index (χ4n) is 4.68. The molecule has 1 fully saturated rings. The zero-order chi connectivity index (χ0) is 32.9. The number of carbonyl (C=O) groups is 2. The fraction of sp³-hybridized carbons (Fsp3) is 0.417. The number of rotatable bonds is 6. The fourth-order valence-corrected chi connectivity index (χ4v) is 4.68. The first-order valence-electron chi connectivity index (χ1n) is 12.2. The number of benzene rings is 1. The van der Waals surface area contributed by atoms with Gasteiger partial charge in [0.15, 0.2) is 23.3 Å². The van der Waals surface area contributed by atoms with Crippen LogP contribution in [-0.4, -0.2) is 76.1 Å². The van der Waals surface area contributed by atoms with Gasteiger partial charge in [-0.05, 0) is 18.2 Å². The maximum atomic E-state index is 15.0. The van der Waals surface area contributed by atoms with Gasteiger partial charge in [-0.3, -0.25) is 9.59 Å². The molecule has 0 saturated carbocycles. The van der Waals surface area contributed by atoms with Crippen LogP contribution in [0.1, 0.15) is 22.3 Å². The van der Waals surface area contributed by atoms with Crippen LogP contribution in [0.25, 0.3) is 16.8 Å². The molecule has 1 aliphatic heterocycles. The van der Waals surface area contributed by atoms with Gasteiger partial charge >= 0.3 is 18.5 Å². The number of carbonyl (C=O) groups excluding carboxylic acids is 2. The molecule has 0 bridgehead atoms. The number of ether oxygens (including phenoxy) is 1. The summed E-state index contributed by atoms with van der Waals surface area (Å²) < 4.78 is 154. The minimum Gasteiger partial charge on any atom is -0.493 e. The topological polar surface area (TPSA) is 115 Å². The summed E-state index contributed by atoms with van der Waals surface area (Å²) in [7, 11) is 0.933. The van der Waals surface area contributed by atoms with E-state index in [-0.39, 0.29) is 5.56 Å². The highest BCUT2D eigenvalue weighted by molar-refractivity contribution is 5.99. The molecule has 1 aromatic carbocycles. The van der Waals surface area contributed by atoms with Gasteiger partial charge < -0.3 is 20.7 Å². The summed E-state index contributed by atoms with van der Waals surface area (Å²) in [4.78, 5) is 29.2. The van der Waals surface area contributed by atoms with E-state index in [0.717, 1.165) is 19.5 Å². The number of aromatic nitrogens is 3. The monoisotopic (exact) mass is 648 g/mol. The molecule has 0 radical (unpaired) electrons. The molecule has 3 aromatic rings. The van der Waals surface area contributed by atoms with Gasteiger partial charge in [0.2, 0.25) is 5.91 Å². The Balaban J connectivity index is 1.63. The standard InChI is InChI=1S/C24H19F11N6O3/c1-44-19-10(2-9(3-12(19)25)15-4-11(22(27,28)29)18-20(36)37-8-38-41(15)18)21(43)39-14-7-40(6-13(14)26)17(42)5-16(23(30,31)32)24(33,34)35/h2-4,8,13-14,16H,5-7H2,1H3,(H,39,43)(H2,36,37,38)/t13-,14+/m0/s1. The molecule has 9 nitrogen and oxygen atoms in total. The van der Waals surface area contributed by atoms with E-state index in [1.54, 1.807) is 0 Å². The Hall–Kier alpha value is -4.39. The van der Waals surface area contributed by atoms with Crippen LogP contribution < -0.4 is 15.8 Å². The largest absolute Gasteiger partial charge is 0.493 e. The molecular formula is C24H19F11N6O3. The number of nitrogens with two attached hydrogens (primary N) is 1. The Morgan fingerprint density at radius 2 is 1.70 bits per heavy atom. The quantitative estimate of drug-likeness (QED) is 0.379. The van der Waals surface area contributed by atoms with Gasteiger partial charge in [-0.2, -0.15) is 44.6 Å². The lowest BCUT2D eigenvalue weighted by Gasteiger charge is -2.25. The normalized spacial score (nSPS) is 17.9. The molecule has 2 amide bonds. The Bertz CT molecular complexity index is 1570. The molecule has 0 spiro atoms. The third-order valence-corrected chi connectivity index (χ3v) is 6.76. The van der Waals surface area contributed by atoms with Crippen LogP contribution in [0, 0.1) is 11.7 Å². The number of amides is 2. The Labute approximate surface area is 238 Å². The summed E-state index contributed by atoms with van der Waals surface area (Å²) >= 11 is 0. The van der Waals surface area contributed by atoms with Crippen molar-refractivity contribution >= 4 is 23.1 Å². The molecule has 4 rings (SSSR count). The van der Waals surface area contributed by atoms with Crippen molar-refractivity contribution in [2.75, 3.05) is 25.9 Å². The van der Waals surface area contributed by atoms with Crippen LogP contribution in [0.2, 0.25) is 0 Å². The van der Waals surface area contributed by atoms with Gasteiger partial charge in [0.25, 0.3) is 5.91 Å². The lowest BCUT2D eigenvalue weighted by Crippen LogP contribution is -2.43. The summed E-state index contributed by atoms with van der Waals surface area (Å²) in [5.74, 6) is -9.55. The molecule has 2 atom stereocenters. The number of nitrogens with one attached hydrogen (secondary N) is 1. The van der Waals surface area contributed by atoms with Crippen molar-refractivity contribution < 1.29 is 62.6 Å². The first-order chi connectivity index (χ1) is 20.2. The number of fused-ring (bicyclic) bond motifs is 1. The molecule has 0 unspecified atom stereocenters. The summed E-state index contributed by atoms with van der Waals surface area (Å²) in [6.45, 7) is -1.80. The van der Waals surface area contributed by atoms with Crippen molar-refractivity contribution in [2.45, 2.75) is 37.2 Å². The lowest BCUT2D eigenvalue weighted by molar-refractivity contribution is -0.284. The van der Waals surface area contributed by atoms with Gasteiger partial charge in [0, 0.05) is 18.5 Å². The van der Waals surface area contributed by atoms with Crippen molar-refractivity contribution in [3.05, 3.63) is 41.5 Å². The van der Waals surface area contributed by atoms with Crippen molar-refractivity contribution in [1.82, 2.24) is 24.8 Å². The summed E-state index contributed by atoms with van der Waals surface area (Å²) in [5.41, 5.74) is 2.19. The molecule has 0 aliphatic carbocycles. The highest BCUT2D eigenvalue weighted by Gasteiger charge is 2.57. The summed E-state index contributed by atoms with van der Waals surface area (Å²) in [6.07, 6.45) is -20.0. The van der Waals surface area contributed by atoms with Crippen LogP contribution in [-0.2, 0) is 11.0 Å². The number of nitrogen functional groups attached to an aromatic ring is 1. The van der Waals surface area contributed by atoms with Crippen molar-refractivity contribution in [1.29, 1.82) is 0 Å². The first kappa shape index (κ1) is 32.5. The number of alkyl halides is 10. The van der Waals surface area contributed by atoms with E-state index in [2.05, 4.69) is 15.4 Å². The second-order valence-electron chi connectivity index (χ2n) is 9.62. The number of anilines is 1. The molecule has 2 aromatic heterocycles. The van der Waals surface area contributed by atoms with Crippen molar-refractivity contribution in [2.24, 2.45) is 5.92 Å². The van der Waals surface area contributed by atoms with Crippen LogP contribution in [0.5, 0.6) is 5.75 Å². The van der Waals surface area contributed by atoms with Crippen LogP contribution in [0.3, 0.4) is 0 Å². The highest BCUT2D eigenvalue weighted by Crippen LogP contribution is 2.42.